The van der Waals surface area contributed by atoms with Gasteiger partial charge in [0, 0.05) is 48.1 Å². The Kier molecular flexibility index (Phi) is 4.15. The van der Waals surface area contributed by atoms with Crippen LogP contribution in [0.1, 0.15) is 48.8 Å². The minimum atomic E-state index is 0.334. The Bertz CT molecular complexity index is 1290. The number of fused-ring (bicyclic) bond motifs is 3. The number of pyridine rings is 1. The topological polar surface area (TPSA) is 54.4 Å². The summed E-state index contributed by atoms with van der Waals surface area (Å²) >= 11 is 6.38. The molecular formula is C25H24ClN7. The highest BCUT2D eigenvalue weighted by atomic mass is 35.5. The van der Waals surface area contributed by atoms with Crippen LogP contribution in [0.25, 0.3) is 10.5 Å². The van der Waals surface area contributed by atoms with Gasteiger partial charge in [0.15, 0.2) is 5.82 Å². The van der Waals surface area contributed by atoms with E-state index < -0.39 is 0 Å². The van der Waals surface area contributed by atoms with Crippen molar-refractivity contribution in [2.24, 2.45) is 5.41 Å². The first kappa shape index (κ1) is 19.5. The van der Waals surface area contributed by atoms with E-state index >= 15 is 0 Å². The van der Waals surface area contributed by atoms with Gasteiger partial charge in [-0.15, -0.1) is 15.2 Å². The lowest BCUT2D eigenvalue weighted by Gasteiger charge is -2.58. The quantitative estimate of drug-likeness (QED) is 0.532. The molecule has 33 heavy (non-hydrogen) atoms. The highest BCUT2D eigenvalue weighted by Gasteiger charge is 2.55. The van der Waals surface area contributed by atoms with Crippen LogP contribution in [0.4, 0.5) is 11.6 Å². The van der Waals surface area contributed by atoms with Crippen molar-refractivity contribution in [2.45, 2.75) is 50.7 Å². The number of rotatable bonds is 3. The zero-order valence-electron chi connectivity index (χ0n) is 18.3. The molecule has 0 bridgehead atoms. The van der Waals surface area contributed by atoms with Gasteiger partial charge in [0.25, 0.3) is 5.82 Å². The summed E-state index contributed by atoms with van der Waals surface area (Å²) in [7, 11) is 0. The number of hydrogen-bond acceptors (Lipinski definition) is 5. The standard InChI is InChI=1S/C25H24ClN7/c1-27-21-3-2-4-22(28-21)32-14-25(15-32)10-17(11-25)24-30-29-23-13-31(19-6-7-19)12-16-9-18(26)5-8-20(16)33(23)24/h2-5,8-9,17,19H,6-7,10-15H2. The number of nitrogens with zero attached hydrogens (tertiary/aromatic N) is 7. The molecule has 3 fully saturated rings. The zero-order chi connectivity index (χ0) is 22.2. The maximum absolute atomic E-state index is 7.20. The van der Waals surface area contributed by atoms with Gasteiger partial charge in [-0.3, -0.25) is 9.47 Å². The van der Waals surface area contributed by atoms with E-state index in [0.29, 0.717) is 23.2 Å². The van der Waals surface area contributed by atoms with Crippen molar-refractivity contribution in [3.05, 3.63) is 70.1 Å². The second-order valence-electron chi connectivity index (χ2n) is 10.1. The molecule has 1 aromatic carbocycles. The molecule has 4 heterocycles. The first-order valence-corrected chi connectivity index (χ1v) is 12.1. The van der Waals surface area contributed by atoms with Crippen LogP contribution >= 0.6 is 11.6 Å². The summed E-state index contributed by atoms with van der Waals surface area (Å²) < 4.78 is 2.32. The predicted octanol–water partition coefficient (Wildman–Crippen LogP) is 4.73. The molecule has 0 unspecified atom stereocenters. The first-order valence-electron chi connectivity index (χ1n) is 11.7. The van der Waals surface area contributed by atoms with Crippen molar-refractivity contribution in [2.75, 3.05) is 18.0 Å². The SMILES string of the molecule is [C-]#[N+]c1cccc(N2CC3(CC(c4nnc5n4-c4ccc(Cl)cc4CN(C4CC4)C5)C3)C2)n1. The average Bonchev–Trinajstić information content (AvgIpc) is 3.55. The molecule has 2 aliphatic carbocycles. The fourth-order valence-corrected chi connectivity index (χ4v) is 6.21. The number of hydrogen-bond donors (Lipinski definition) is 0. The molecule has 7 nitrogen and oxygen atoms in total. The van der Waals surface area contributed by atoms with E-state index in [9.17, 15) is 0 Å². The van der Waals surface area contributed by atoms with Gasteiger partial charge < -0.3 is 9.74 Å². The van der Waals surface area contributed by atoms with Gasteiger partial charge in [0.1, 0.15) is 5.82 Å². The zero-order valence-corrected chi connectivity index (χ0v) is 19.0. The lowest BCUT2D eigenvalue weighted by Crippen LogP contribution is -2.62. The molecule has 0 atom stereocenters. The third-order valence-corrected chi connectivity index (χ3v) is 7.99. The molecule has 3 aromatic rings. The number of halogens is 1. The Hall–Kier alpha value is -2.95. The Morgan fingerprint density at radius 3 is 2.70 bits per heavy atom. The van der Waals surface area contributed by atoms with Gasteiger partial charge in [-0.25, -0.2) is 0 Å². The van der Waals surface area contributed by atoms with Crippen molar-refractivity contribution >= 4 is 23.2 Å². The number of anilines is 1. The Labute approximate surface area is 197 Å². The summed E-state index contributed by atoms with van der Waals surface area (Å²) in [4.78, 5) is 12.7. The summed E-state index contributed by atoms with van der Waals surface area (Å²) in [5, 5.41) is 10.2. The van der Waals surface area contributed by atoms with Gasteiger partial charge in [-0.1, -0.05) is 24.2 Å². The third kappa shape index (κ3) is 3.16. The second kappa shape index (κ2) is 7.02. The molecule has 1 spiro atoms. The molecule has 1 saturated heterocycles. The van der Waals surface area contributed by atoms with E-state index in [-0.39, 0.29) is 0 Å². The molecule has 0 N–H and O–H groups in total. The molecule has 4 aliphatic rings. The minimum absolute atomic E-state index is 0.334. The van der Waals surface area contributed by atoms with E-state index in [4.69, 9.17) is 23.3 Å². The van der Waals surface area contributed by atoms with Crippen LogP contribution in [0.15, 0.2) is 36.4 Å². The smallest absolute Gasteiger partial charge is 0.271 e. The molecule has 0 radical (unpaired) electrons. The lowest BCUT2D eigenvalue weighted by atomic mass is 9.57. The van der Waals surface area contributed by atoms with Crippen LogP contribution in [0.3, 0.4) is 0 Å². The summed E-state index contributed by atoms with van der Waals surface area (Å²) in [6.45, 7) is 11.0. The third-order valence-electron chi connectivity index (χ3n) is 7.75. The van der Waals surface area contributed by atoms with Gasteiger partial charge in [-0.2, -0.15) is 0 Å². The molecule has 2 aromatic heterocycles. The maximum Gasteiger partial charge on any atom is 0.271 e. The second-order valence-corrected chi connectivity index (χ2v) is 10.6. The van der Waals surface area contributed by atoms with Crippen LogP contribution in [-0.2, 0) is 13.1 Å². The molecule has 2 saturated carbocycles. The van der Waals surface area contributed by atoms with Crippen LogP contribution in [0.5, 0.6) is 0 Å². The van der Waals surface area contributed by atoms with E-state index in [2.05, 4.69) is 41.4 Å². The molecular weight excluding hydrogens is 434 g/mol. The van der Waals surface area contributed by atoms with E-state index in [0.717, 1.165) is 61.5 Å². The normalized spacial score (nSPS) is 21.5. The van der Waals surface area contributed by atoms with Crippen molar-refractivity contribution in [3.63, 3.8) is 0 Å². The number of aromatic nitrogens is 4. The fraction of sp³-hybridized carbons (Fsp3) is 0.440. The monoisotopic (exact) mass is 457 g/mol. The van der Waals surface area contributed by atoms with E-state index in [1.54, 1.807) is 6.07 Å². The lowest BCUT2D eigenvalue weighted by molar-refractivity contribution is 0.0582. The maximum atomic E-state index is 7.20. The van der Waals surface area contributed by atoms with Crippen LogP contribution in [0, 0.1) is 12.0 Å². The predicted molar refractivity (Wildman–Crippen MR) is 126 cm³/mol. The highest BCUT2D eigenvalue weighted by Crippen LogP contribution is 2.56. The molecule has 8 heteroatoms. The number of benzene rings is 1. The van der Waals surface area contributed by atoms with Gasteiger partial charge >= 0.3 is 0 Å². The minimum Gasteiger partial charge on any atom is -0.361 e. The van der Waals surface area contributed by atoms with Crippen molar-refractivity contribution < 1.29 is 0 Å². The van der Waals surface area contributed by atoms with E-state index in [1.807, 2.05) is 18.2 Å². The summed E-state index contributed by atoms with van der Waals surface area (Å²) in [5.41, 5.74) is 2.79. The molecule has 0 amide bonds. The molecule has 166 valence electrons. The first-order chi connectivity index (χ1) is 16.1. The summed E-state index contributed by atoms with van der Waals surface area (Å²) in [6.07, 6.45) is 4.79. The van der Waals surface area contributed by atoms with Gasteiger partial charge in [-0.05, 0) is 55.5 Å². The van der Waals surface area contributed by atoms with Crippen LogP contribution < -0.4 is 4.90 Å². The average molecular weight is 458 g/mol. The molecule has 7 rings (SSSR count). The van der Waals surface area contributed by atoms with E-state index in [1.165, 1.54) is 24.1 Å². The summed E-state index contributed by atoms with van der Waals surface area (Å²) in [6, 6.07) is 12.6. The summed E-state index contributed by atoms with van der Waals surface area (Å²) in [5.74, 6) is 3.95. The Balaban J connectivity index is 1.13. The molecule has 2 aliphatic heterocycles. The Morgan fingerprint density at radius 2 is 1.91 bits per heavy atom. The van der Waals surface area contributed by atoms with Crippen LogP contribution in [0.2, 0.25) is 5.02 Å². The van der Waals surface area contributed by atoms with Crippen molar-refractivity contribution in [3.8, 4) is 5.69 Å². The van der Waals surface area contributed by atoms with Crippen molar-refractivity contribution in [1.29, 1.82) is 0 Å². The van der Waals surface area contributed by atoms with Crippen molar-refractivity contribution in [1.82, 2.24) is 24.6 Å². The fourth-order valence-electron chi connectivity index (χ4n) is 6.02. The van der Waals surface area contributed by atoms with Gasteiger partial charge in [0.2, 0.25) is 5.82 Å². The largest absolute Gasteiger partial charge is 0.361 e. The Morgan fingerprint density at radius 1 is 1.06 bits per heavy atom. The van der Waals surface area contributed by atoms with Gasteiger partial charge in [0.05, 0.1) is 12.2 Å². The highest BCUT2D eigenvalue weighted by molar-refractivity contribution is 6.30. The van der Waals surface area contributed by atoms with Crippen LogP contribution in [-0.4, -0.2) is 43.8 Å².